The third-order valence-corrected chi connectivity index (χ3v) is 6.23. The number of aromatic nitrogens is 2. The highest BCUT2D eigenvalue weighted by Gasteiger charge is 2.48. The van der Waals surface area contributed by atoms with E-state index in [4.69, 9.17) is 0 Å². The Morgan fingerprint density at radius 1 is 1.28 bits per heavy atom. The number of hydrogen-bond donors (Lipinski definition) is 1. The molecule has 0 bridgehead atoms. The van der Waals surface area contributed by atoms with Crippen LogP contribution in [0.3, 0.4) is 0 Å². The molecule has 1 amide bonds. The standard InChI is InChI=1S/C20H32N4O/c1-19(2,3)17-11-16(21-22-17)13-23-10-8-20(14-23)7-4-9-24(18(20)25)12-15-5-6-15/h11,15H,4-10,12-14H2,1-3H3,(H,21,22)/t20-/m1/s1. The zero-order valence-corrected chi connectivity index (χ0v) is 16.0. The van der Waals surface area contributed by atoms with Crippen molar-refractivity contribution in [1.82, 2.24) is 20.0 Å². The van der Waals surface area contributed by atoms with Crippen molar-refractivity contribution in [2.75, 3.05) is 26.2 Å². The highest BCUT2D eigenvalue weighted by molar-refractivity contribution is 5.84. The Morgan fingerprint density at radius 3 is 2.76 bits per heavy atom. The molecule has 1 aromatic heterocycles. The number of rotatable bonds is 4. The summed E-state index contributed by atoms with van der Waals surface area (Å²) in [7, 11) is 0. The average molecular weight is 345 g/mol. The van der Waals surface area contributed by atoms with E-state index in [1.165, 1.54) is 25.0 Å². The number of nitrogens with one attached hydrogen (secondary N) is 1. The van der Waals surface area contributed by atoms with E-state index >= 15 is 0 Å². The SMILES string of the molecule is CC(C)(C)c1cc(CN2CC[C@]3(CCCN(CC4CC4)C3=O)C2)[nH]n1. The lowest BCUT2D eigenvalue weighted by Gasteiger charge is -2.39. The molecular weight excluding hydrogens is 312 g/mol. The molecule has 1 aliphatic carbocycles. The van der Waals surface area contributed by atoms with Gasteiger partial charge in [-0.3, -0.25) is 14.8 Å². The van der Waals surface area contributed by atoms with Crippen LogP contribution >= 0.6 is 0 Å². The van der Waals surface area contributed by atoms with Gasteiger partial charge in [-0.15, -0.1) is 0 Å². The summed E-state index contributed by atoms with van der Waals surface area (Å²) in [5.74, 6) is 1.23. The minimum Gasteiger partial charge on any atom is -0.342 e. The quantitative estimate of drug-likeness (QED) is 0.914. The van der Waals surface area contributed by atoms with Crippen molar-refractivity contribution < 1.29 is 4.79 Å². The Bertz CT molecular complexity index is 642. The number of amides is 1. The lowest BCUT2D eigenvalue weighted by atomic mass is 9.78. The Morgan fingerprint density at radius 2 is 2.08 bits per heavy atom. The van der Waals surface area contributed by atoms with Gasteiger partial charge in [0.05, 0.1) is 11.1 Å². The molecule has 5 heteroatoms. The van der Waals surface area contributed by atoms with Crippen LogP contribution in [0.5, 0.6) is 0 Å². The first-order valence-electron chi connectivity index (χ1n) is 9.92. The molecular formula is C20H32N4O. The molecule has 1 spiro atoms. The second kappa shape index (κ2) is 6.11. The van der Waals surface area contributed by atoms with E-state index in [9.17, 15) is 4.79 Å². The van der Waals surface area contributed by atoms with Crippen molar-refractivity contribution in [2.45, 2.75) is 64.8 Å². The molecule has 2 aliphatic heterocycles. The van der Waals surface area contributed by atoms with Crippen LogP contribution in [0.15, 0.2) is 6.07 Å². The van der Waals surface area contributed by atoms with Crippen molar-refractivity contribution in [2.24, 2.45) is 11.3 Å². The summed E-state index contributed by atoms with van der Waals surface area (Å²) in [4.78, 5) is 17.7. The number of nitrogens with zero attached hydrogens (tertiary/aromatic N) is 3. The monoisotopic (exact) mass is 344 g/mol. The molecule has 138 valence electrons. The van der Waals surface area contributed by atoms with Crippen LogP contribution < -0.4 is 0 Å². The molecule has 1 N–H and O–H groups in total. The van der Waals surface area contributed by atoms with Crippen LogP contribution in [0.25, 0.3) is 0 Å². The Labute approximate surface area is 151 Å². The molecule has 2 saturated heterocycles. The number of piperidine rings is 1. The lowest BCUT2D eigenvalue weighted by Crippen LogP contribution is -2.50. The van der Waals surface area contributed by atoms with E-state index in [-0.39, 0.29) is 10.8 Å². The number of likely N-dealkylation sites (tertiary alicyclic amines) is 2. The molecule has 4 rings (SSSR count). The van der Waals surface area contributed by atoms with Gasteiger partial charge in [-0.2, -0.15) is 5.10 Å². The highest BCUT2D eigenvalue weighted by Crippen LogP contribution is 2.42. The van der Waals surface area contributed by atoms with Gasteiger partial charge in [0.25, 0.3) is 0 Å². The topological polar surface area (TPSA) is 52.2 Å². The molecule has 25 heavy (non-hydrogen) atoms. The first-order valence-corrected chi connectivity index (χ1v) is 9.92. The van der Waals surface area contributed by atoms with Gasteiger partial charge < -0.3 is 4.90 Å². The van der Waals surface area contributed by atoms with Crippen LogP contribution in [0.2, 0.25) is 0 Å². The zero-order valence-electron chi connectivity index (χ0n) is 16.0. The van der Waals surface area contributed by atoms with Gasteiger partial charge in [0.2, 0.25) is 5.91 Å². The van der Waals surface area contributed by atoms with E-state index in [0.29, 0.717) is 5.91 Å². The third kappa shape index (κ3) is 3.48. The molecule has 3 aliphatic rings. The smallest absolute Gasteiger partial charge is 0.230 e. The first-order chi connectivity index (χ1) is 11.9. The van der Waals surface area contributed by atoms with Crippen LogP contribution in [-0.2, 0) is 16.8 Å². The largest absolute Gasteiger partial charge is 0.342 e. The van der Waals surface area contributed by atoms with Crippen LogP contribution in [-0.4, -0.2) is 52.1 Å². The second-order valence-corrected chi connectivity index (χ2v) is 9.57. The minimum absolute atomic E-state index is 0.0730. The molecule has 3 fully saturated rings. The van der Waals surface area contributed by atoms with E-state index in [0.717, 1.165) is 57.2 Å². The normalized spacial score (nSPS) is 28.3. The maximum Gasteiger partial charge on any atom is 0.230 e. The molecule has 3 heterocycles. The number of aromatic amines is 1. The van der Waals surface area contributed by atoms with E-state index in [1.807, 2.05) is 0 Å². The van der Waals surface area contributed by atoms with Gasteiger partial charge >= 0.3 is 0 Å². The van der Waals surface area contributed by atoms with E-state index < -0.39 is 0 Å². The summed E-state index contributed by atoms with van der Waals surface area (Å²) < 4.78 is 0. The summed E-state index contributed by atoms with van der Waals surface area (Å²) in [5.41, 5.74) is 2.24. The van der Waals surface area contributed by atoms with Gasteiger partial charge in [0, 0.05) is 37.3 Å². The Hall–Kier alpha value is -1.36. The van der Waals surface area contributed by atoms with Gasteiger partial charge in [-0.1, -0.05) is 20.8 Å². The van der Waals surface area contributed by atoms with Crippen molar-refractivity contribution in [3.05, 3.63) is 17.5 Å². The van der Waals surface area contributed by atoms with E-state index in [1.54, 1.807) is 0 Å². The van der Waals surface area contributed by atoms with Crippen LogP contribution in [0, 0.1) is 11.3 Å². The van der Waals surface area contributed by atoms with Crippen molar-refractivity contribution in [3.63, 3.8) is 0 Å². The molecule has 5 nitrogen and oxygen atoms in total. The molecule has 1 saturated carbocycles. The Balaban J connectivity index is 1.40. The summed E-state index contributed by atoms with van der Waals surface area (Å²) in [5, 5.41) is 7.67. The van der Waals surface area contributed by atoms with Crippen molar-refractivity contribution >= 4 is 5.91 Å². The fourth-order valence-corrected chi connectivity index (χ4v) is 4.48. The number of carbonyl (C=O) groups is 1. The van der Waals surface area contributed by atoms with Crippen molar-refractivity contribution in [3.8, 4) is 0 Å². The van der Waals surface area contributed by atoms with Crippen LogP contribution in [0.4, 0.5) is 0 Å². The number of hydrogen-bond acceptors (Lipinski definition) is 3. The molecule has 1 aromatic rings. The third-order valence-electron chi connectivity index (χ3n) is 6.23. The maximum atomic E-state index is 13.1. The summed E-state index contributed by atoms with van der Waals surface area (Å²) in [6, 6.07) is 2.19. The number of carbonyl (C=O) groups excluding carboxylic acids is 1. The minimum atomic E-state index is -0.111. The zero-order chi connectivity index (χ0) is 17.7. The maximum absolute atomic E-state index is 13.1. The van der Waals surface area contributed by atoms with Gasteiger partial charge in [0.15, 0.2) is 0 Å². The van der Waals surface area contributed by atoms with Gasteiger partial charge in [-0.25, -0.2) is 0 Å². The first kappa shape index (κ1) is 17.1. The fourth-order valence-electron chi connectivity index (χ4n) is 4.48. The van der Waals surface area contributed by atoms with Gasteiger partial charge in [0.1, 0.15) is 0 Å². The predicted molar refractivity (Wildman–Crippen MR) is 98.2 cm³/mol. The summed E-state index contributed by atoms with van der Waals surface area (Å²) in [6.45, 7) is 11.4. The van der Waals surface area contributed by atoms with Gasteiger partial charge in [-0.05, 0) is 50.6 Å². The lowest BCUT2D eigenvalue weighted by molar-refractivity contribution is -0.145. The number of H-pyrrole nitrogens is 1. The molecule has 0 radical (unpaired) electrons. The molecule has 0 unspecified atom stereocenters. The molecule has 1 atom stereocenters. The average Bonchev–Trinajstić information content (AvgIpc) is 3.07. The summed E-state index contributed by atoms with van der Waals surface area (Å²) >= 11 is 0. The second-order valence-electron chi connectivity index (χ2n) is 9.57. The predicted octanol–water partition coefficient (Wildman–Crippen LogP) is 2.93. The highest BCUT2D eigenvalue weighted by atomic mass is 16.2. The van der Waals surface area contributed by atoms with Crippen molar-refractivity contribution in [1.29, 1.82) is 0 Å². The van der Waals surface area contributed by atoms with Crippen LogP contribution in [0.1, 0.15) is 64.3 Å². The van der Waals surface area contributed by atoms with E-state index in [2.05, 4.69) is 46.8 Å². The molecule has 0 aromatic carbocycles. The Kier molecular flexibility index (Phi) is 4.18. The fraction of sp³-hybridized carbons (Fsp3) is 0.800. The summed E-state index contributed by atoms with van der Waals surface area (Å²) in [6.07, 6.45) is 5.90.